The summed E-state index contributed by atoms with van der Waals surface area (Å²) in [6.07, 6.45) is 1.38. The van der Waals surface area contributed by atoms with E-state index in [1.807, 2.05) is 36.4 Å². The van der Waals surface area contributed by atoms with Gasteiger partial charge in [0.2, 0.25) is 5.88 Å². The minimum atomic E-state index is -0.0911. The molecular formula is C19H14N4O2S. The predicted molar refractivity (Wildman–Crippen MR) is 96.8 cm³/mol. The molecule has 0 unspecified atom stereocenters. The van der Waals surface area contributed by atoms with E-state index in [0.29, 0.717) is 30.2 Å². The monoisotopic (exact) mass is 362 g/mol. The van der Waals surface area contributed by atoms with Gasteiger partial charge in [0.05, 0.1) is 18.7 Å². The van der Waals surface area contributed by atoms with E-state index in [-0.39, 0.29) is 12.0 Å². The Morgan fingerprint density at radius 2 is 2.04 bits per heavy atom. The normalized spacial score (nSPS) is 13.7. The fourth-order valence-electron chi connectivity index (χ4n) is 2.61. The smallest absolute Gasteiger partial charge is 0.273 e. The van der Waals surface area contributed by atoms with Crippen molar-refractivity contribution in [2.45, 2.75) is 6.10 Å². The summed E-state index contributed by atoms with van der Waals surface area (Å²) in [4.78, 5) is 22.8. The average Bonchev–Trinajstić information content (AvgIpc) is 3.15. The third kappa shape index (κ3) is 3.27. The van der Waals surface area contributed by atoms with Gasteiger partial charge in [-0.15, -0.1) is 11.3 Å². The first-order valence-electron chi connectivity index (χ1n) is 8.06. The van der Waals surface area contributed by atoms with Gasteiger partial charge in [0, 0.05) is 23.2 Å². The zero-order valence-corrected chi connectivity index (χ0v) is 14.5. The van der Waals surface area contributed by atoms with E-state index in [4.69, 9.17) is 10.00 Å². The number of thiazole rings is 1. The van der Waals surface area contributed by atoms with Gasteiger partial charge in [-0.25, -0.2) is 9.97 Å². The van der Waals surface area contributed by atoms with Crippen LogP contribution in [-0.2, 0) is 0 Å². The molecule has 0 bridgehead atoms. The topological polar surface area (TPSA) is 79.1 Å². The summed E-state index contributed by atoms with van der Waals surface area (Å²) in [5, 5.41) is 11.4. The van der Waals surface area contributed by atoms with Crippen LogP contribution < -0.4 is 4.74 Å². The second-order valence-electron chi connectivity index (χ2n) is 5.85. The maximum absolute atomic E-state index is 12.5. The van der Waals surface area contributed by atoms with Crippen LogP contribution in [0.5, 0.6) is 5.88 Å². The molecule has 6 nitrogen and oxygen atoms in total. The zero-order chi connectivity index (χ0) is 17.9. The lowest BCUT2D eigenvalue weighted by Crippen LogP contribution is -2.56. The Morgan fingerprint density at radius 3 is 2.73 bits per heavy atom. The van der Waals surface area contributed by atoms with Crippen molar-refractivity contribution in [1.29, 1.82) is 5.26 Å². The first-order chi connectivity index (χ1) is 12.7. The van der Waals surface area contributed by atoms with E-state index < -0.39 is 0 Å². The first kappa shape index (κ1) is 16.2. The highest BCUT2D eigenvalue weighted by molar-refractivity contribution is 7.13. The minimum Gasteiger partial charge on any atom is -0.471 e. The second kappa shape index (κ2) is 6.94. The molecule has 7 heteroatoms. The largest absolute Gasteiger partial charge is 0.471 e. The van der Waals surface area contributed by atoms with Gasteiger partial charge in [0.1, 0.15) is 22.9 Å². The van der Waals surface area contributed by atoms with Gasteiger partial charge in [-0.2, -0.15) is 5.26 Å². The Hall–Kier alpha value is -3.24. The fraction of sp³-hybridized carbons (Fsp3) is 0.158. The van der Waals surface area contributed by atoms with Crippen molar-refractivity contribution in [2.75, 3.05) is 13.1 Å². The highest BCUT2D eigenvalue weighted by Gasteiger charge is 2.34. The molecule has 1 aliphatic rings. The van der Waals surface area contributed by atoms with E-state index in [1.165, 1.54) is 17.5 Å². The number of rotatable bonds is 4. The van der Waals surface area contributed by atoms with Crippen molar-refractivity contribution in [2.24, 2.45) is 0 Å². The first-order valence-corrected chi connectivity index (χ1v) is 8.94. The van der Waals surface area contributed by atoms with Crippen LogP contribution >= 0.6 is 11.3 Å². The molecule has 128 valence electrons. The maximum atomic E-state index is 12.5. The Labute approximate surface area is 154 Å². The van der Waals surface area contributed by atoms with Crippen molar-refractivity contribution in [3.63, 3.8) is 0 Å². The number of aromatic nitrogens is 2. The van der Waals surface area contributed by atoms with Crippen LogP contribution in [0.3, 0.4) is 0 Å². The summed E-state index contributed by atoms with van der Waals surface area (Å²) in [5.41, 5.74) is 1.96. The number of carbonyl (C=O) groups is 1. The molecule has 1 amide bonds. The van der Waals surface area contributed by atoms with Crippen LogP contribution in [0.15, 0.2) is 54.0 Å². The predicted octanol–water partition coefficient (Wildman–Crippen LogP) is 2.98. The number of ether oxygens (including phenoxy) is 1. The molecule has 0 N–H and O–H groups in total. The van der Waals surface area contributed by atoms with Gasteiger partial charge >= 0.3 is 0 Å². The molecule has 4 rings (SSSR count). The third-order valence-electron chi connectivity index (χ3n) is 4.03. The molecule has 3 aromatic rings. The van der Waals surface area contributed by atoms with E-state index in [1.54, 1.807) is 22.4 Å². The van der Waals surface area contributed by atoms with Crippen molar-refractivity contribution < 1.29 is 9.53 Å². The van der Waals surface area contributed by atoms with E-state index >= 15 is 0 Å². The second-order valence-corrected chi connectivity index (χ2v) is 6.71. The van der Waals surface area contributed by atoms with Crippen LogP contribution in [-0.4, -0.2) is 40.0 Å². The molecule has 0 aliphatic carbocycles. The number of hydrogen-bond donors (Lipinski definition) is 0. The zero-order valence-electron chi connectivity index (χ0n) is 13.7. The van der Waals surface area contributed by atoms with Crippen LogP contribution in [0.1, 0.15) is 16.1 Å². The Bertz CT molecular complexity index is 957. The average molecular weight is 362 g/mol. The Morgan fingerprint density at radius 1 is 1.23 bits per heavy atom. The highest BCUT2D eigenvalue weighted by atomic mass is 32.1. The lowest BCUT2D eigenvalue weighted by molar-refractivity contribution is 0.0156. The SMILES string of the molecule is N#Cc1ccc(OC2CN(C(=O)c3csc(-c4ccccc4)n3)C2)nc1. The number of amides is 1. The molecule has 1 aliphatic heterocycles. The number of pyridine rings is 1. The fourth-order valence-corrected chi connectivity index (χ4v) is 3.41. The molecule has 1 aromatic carbocycles. The van der Waals surface area contributed by atoms with Crippen molar-refractivity contribution in [3.05, 3.63) is 65.3 Å². The molecule has 0 radical (unpaired) electrons. The molecule has 0 saturated carbocycles. The quantitative estimate of drug-likeness (QED) is 0.713. The third-order valence-corrected chi connectivity index (χ3v) is 4.92. The summed E-state index contributed by atoms with van der Waals surface area (Å²) in [6.45, 7) is 0.997. The van der Waals surface area contributed by atoms with Gasteiger partial charge in [0.15, 0.2) is 0 Å². The van der Waals surface area contributed by atoms with Gasteiger partial charge in [0.25, 0.3) is 5.91 Å². The number of carbonyl (C=O) groups excluding carboxylic acids is 1. The Balaban J connectivity index is 1.34. The molecule has 1 fully saturated rings. The van der Waals surface area contributed by atoms with E-state index in [0.717, 1.165) is 10.6 Å². The van der Waals surface area contributed by atoms with Gasteiger partial charge in [-0.3, -0.25) is 4.79 Å². The molecule has 0 atom stereocenters. The maximum Gasteiger partial charge on any atom is 0.273 e. The number of benzene rings is 1. The summed E-state index contributed by atoms with van der Waals surface area (Å²) >= 11 is 1.46. The molecule has 1 saturated heterocycles. The highest BCUT2D eigenvalue weighted by Crippen LogP contribution is 2.25. The lowest BCUT2D eigenvalue weighted by Gasteiger charge is -2.38. The van der Waals surface area contributed by atoms with Gasteiger partial charge in [-0.1, -0.05) is 30.3 Å². The number of nitrogens with zero attached hydrogens (tertiary/aromatic N) is 4. The minimum absolute atomic E-state index is 0.0870. The molecular weight excluding hydrogens is 348 g/mol. The molecule has 3 heterocycles. The van der Waals surface area contributed by atoms with Crippen LogP contribution in [0.2, 0.25) is 0 Å². The van der Waals surface area contributed by atoms with E-state index in [2.05, 4.69) is 9.97 Å². The molecule has 2 aromatic heterocycles. The van der Waals surface area contributed by atoms with Gasteiger partial charge < -0.3 is 9.64 Å². The molecule has 0 spiro atoms. The van der Waals surface area contributed by atoms with Crippen molar-refractivity contribution in [3.8, 4) is 22.5 Å². The van der Waals surface area contributed by atoms with Crippen LogP contribution in [0.4, 0.5) is 0 Å². The molecule has 26 heavy (non-hydrogen) atoms. The lowest BCUT2D eigenvalue weighted by atomic mass is 10.1. The number of nitriles is 1. The van der Waals surface area contributed by atoms with Crippen LogP contribution in [0, 0.1) is 11.3 Å². The van der Waals surface area contributed by atoms with Crippen molar-refractivity contribution >= 4 is 17.2 Å². The summed E-state index contributed by atoms with van der Waals surface area (Å²) < 4.78 is 5.71. The summed E-state index contributed by atoms with van der Waals surface area (Å²) in [7, 11) is 0. The number of hydrogen-bond acceptors (Lipinski definition) is 6. The van der Waals surface area contributed by atoms with Crippen molar-refractivity contribution in [1.82, 2.24) is 14.9 Å². The Kier molecular flexibility index (Phi) is 4.33. The standard InChI is InChI=1S/C19H14N4O2S/c20-8-13-6-7-17(21-9-13)25-15-10-23(11-15)19(24)16-12-26-18(22-16)14-4-2-1-3-5-14/h1-7,9,12,15H,10-11H2. The van der Waals surface area contributed by atoms with Gasteiger partial charge in [-0.05, 0) is 6.07 Å². The summed E-state index contributed by atoms with van der Waals surface area (Å²) in [6, 6.07) is 15.1. The summed E-state index contributed by atoms with van der Waals surface area (Å²) in [5.74, 6) is 0.372. The number of likely N-dealkylation sites (tertiary alicyclic amines) is 1. The van der Waals surface area contributed by atoms with E-state index in [9.17, 15) is 4.79 Å². The van der Waals surface area contributed by atoms with Crippen LogP contribution in [0.25, 0.3) is 10.6 Å².